The number of halogens is 2. The molecule has 0 spiro atoms. The van der Waals surface area contributed by atoms with Crippen molar-refractivity contribution in [2.75, 3.05) is 5.32 Å². The highest BCUT2D eigenvalue weighted by Gasteiger charge is 2.10. The second kappa shape index (κ2) is 6.76. The van der Waals surface area contributed by atoms with Gasteiger partial charge in [-0.3, -0.25) is 10.1 Å². The van der Waals surface area contributed by atoms with Gasteiger partial charge >= 0.3 is 0 Å². The fraction of sp³-hybridized carbons (Fsp3) is 0. The molecular weight excluding hydrogens is 331 g/mol. The molecule has 2 rings (SSSR count). The Labute approximate surface area is 136 Å². The van der Waals surface area contributed by atoms with Crippen LogP contribution in [0.15, 0.2) is 42.5 Å². The molecule has 0 unspecified atom stereocenters. The average molecular weight is 341 g/mol. The third-order valence-electron chi connectivity index (χ3n) is 2.51. The van der Waals surface area contributed by atoms with Crippen LogP contribution >= 0.6 is 35.4 Å². The molecule has 0 aromatic heterocycles. The Morgan fingerprint density at radius 1 is 1.10 bits per heavy atom. The van der Waals surface area contributed by atoms with Gasteiger partial charge < -0.3 is 10.4 Å². The van der Waals surface area contributed by atoms with Crippen molar-refractivity contribution >= 4 is 52.1 Å². The molecule has 2 aromatic rings. The number of aromatic hydroxyl groups is 1. The molecule has 3 N–H and O–H groups in total. The second-order valence-electron chi connectivity index (χ2n) is 4.09. The number of benzene rings is 2. The van der Waals surface area contributed by atoms with E-state index in [-0.39, 0.29) is 15.9 Å². The summed E-state index contributed by atoms with van der Waals surface area (Å²) in [4.78, 5) is 12.0. The third-order valence-corrected chi connectivity index (χ3v) is 3.46. The van der Waals surface area contributed by atoms with E-state index in [1.807, 2.05) is 0 Å². The standard InChI is InChI=1S/C14H10Cl2N2O2S/c15-11-5-4-8(6-12(11)16)13(20)18-14(21)17-9-2-1-3-10(19)7-9/h1-7,19H,(H2,17,18,20,21). The number of hydrogen-bond donors (Lipinski definition) is 3. The van der Waals surface area contributed by atoms with E-state index < -0.39 is 5.91 Å². The zero-order chi connectivity index (χ0) is 15.4. The van der Waals surface area contributed by atoms with E-state index in [1.165, 1.54) is 24.3 Å². The number of carbonyl (C=O) groups excluding carboxylic acids is 1. The summed E-state index contributed by atoms with van der Waals surface area (Å²) >= 11 is 16.7. The lowest BCUT2D eigenvalue weighted by Gasteiger charge is -2.10. The van der Waals surface area contributed by atoms with Crippen molar-refractivity contribution in [3.63, 3.8) is 0 Å². The summed E-state index contributed by atoms with van der Waals surface area (Å²) in [6.45, 7) is 0. The summed E-state index contributed by atoms with van der Waals surface area (Å²) < 4.78 is 0. The molecule has 2 aromatic carbocycles. The molecule has 4 nitrogen and oxygen atoms in total. The normalized spacial score (nSPS) is 10.0. The van der Waals surface area contributed by atoms with Crippen molar-refractivity contribution in [3.8, 4) is 5.75 Å². The molecule has 0 aliphatic rings. The highest BCUT2D eigenvalue weighted by atomic mass is 35.5. The number of rotatable bonds is 2. The number of thiocarbonyl (C=S) groups is 1. The maximum atomic E-state index is 12.0. The second-order valence-corrected chi connectivity index (χ2v) is 5.31. The van der Waals surface area contributed by atoms with Crippen LogP contribution in [0.1, 0.15) is 10.4 Å². The van der Waals surface area contributed by atoms with Gasteiger partial charge in [0.2, 0.25) is 0 Å². The Morgan fingerprint density at radius 3 is 2.52 bits per heavy atom. The van der Waals surface area contributed by atoms with Crippen LogP contribution in [0.5, 0.6) is 5.75 Å². The van der Waals surface area contributed by atoms with Crippen LogP contribution in [-0.4, -0.2) is 16.1 Å². The van der Waals surface area contributed by atoms with E-state index in [9.17, 15) is 9.90 Å². The van der Waals surface area contributed by atoms with Crippen molar-refractivity contribution in [3.05, 3.63) is 58.1 Å². The molecule has 21 heavy (non-hydrogen) atoms. The molecule has 1 amide bonds. The summed E-state index contributed by atoms with van der Waals surface area (Å²) in [5.41, 5.74) is 0.902. The Bertz CT molecular complexity index is 707. The topological polar surface area (TPSA) is 61.4 Å². The highest BCUT2D eigenvalue weighted by molar-refractivity contribution is 7.80. The average Bonchev–Trinajstić information content (AvgIpc) is 2.41. The van der Waals surface area contributed by atoms with Gasteiger partial charge in [0.25, 0.3) is 5.91 Å². The van der Waals surface area contributed by atoms with Crippen molar-refractivity contribution in [2.45, 2.75) is 0 Å². The molecule has 0 radical (unpaired) electrons. The first kappa shape index (κ1) is 15.6. The van der Waals surface area contributed by atoms with Crippen molar-refractivity contribution in [2.24, 2.45) is 0 Å². The minimum Gasteiger partial charge on any atom is -0.508 e. The Balaban J connectivity index is 2.02. The monoisotopic (exact) mass is 340 g/mol. The lowest BCUT2D eigenvalue weighted by atomic mass is 10.2. The van der Waals surface area contributed by atoms with Crippen LogP contribution in [0.2, 0.25) is 10.0 Å². The number of anilines is 1. The Hall–Kier alpha value is -1.82. The lowest BCUT2D eigenvalue weighted by Crippen LogP contribution is -2.34. The molecule has 0 fully saturated rings. The summed E-state index contributed by atoms with van der Waals surface area (Å²) in [6, 6.07) is 10.9. The van der Waals surface area contributed by atoms with Crippen LogP contribution in [0, 0.1) is 0 Å². The van der Waals surface area contributed by atoms with Gasteiger partial charge in [0, 0.05) is 17.3 Å². The van der Waals surface area contributed by atoms with E-state index in [4.69, 9.17) is 35.4 Å². The first-order valence-corrected chi connectivity index (χ1v) is 6.98. The predicted molar refractivity (Wildman–Crippen MR) is 88.3 cm³/mol. The van der Waals surface area contributed by atoms with Gasteiger partial charge in [0.15, 0.2) is 5.11 Å². The summed E-state index contributed by atoms with van der Waals surface area (Å²) in [6.07, 6.45) is 0. The van der Waals surface area contributed by atoms with Gasteiger partial charge in [-0.2, -0.15) is 0 Å². The van der Waals surface area contributed by atoms with Crippen LogP contribution in [0.4, 0.5) is 5.69 Å². The first-order chi connectivity index (χ1) is 9.95. The van der Waals surface area contributed by atoms with Crippen molar-refractivity contribution in [1.29, 1.82) is 0 Å². The quantitative estimate of drug-likeness (QED) is 0.727. The van der Waals surface area contributed by atoms with Gasteiger partial charge in [-0.25, -0.2) is 0 Å². The maximum absolute atomic E-state index is 12.0. The molecule has 7 heteroatoms. The molecular formula is C14H10Cl2N2O2S. The van der Waals surface area contributed by atoms with Gasteiger partial charge in [-0.15, -0.1) is 0 Å². The maximum Gasteiger partial charge on any atom is 0.257 e. The molecule has 0 heterocycles. The number of nitrogens with one attached hydrogen (secondary N) is 2. The number of phenols is 1. The van der Waals surface area contributed by atoms with Crippen LogP contribution < -0.4 is 10.6 Å². The molecule has 0 aliphatic carbocycles. The largest absolute Gasteiger partial charge is 0.508 e. The fourth-order valence-corrected chi connectivity index (χ4v) is 2.07. The minimum atomic E-state index is -0.411. The zero-order valence-corrected chi connectivity index (χ0v) is 12.9. The molecule has 108 valence electrons. The van der Waals surface area contributed by atoms with Crippen LogP contribution in [0.25, 0.3) is 0 Å². The highest BCUT2D eigenvalue weighted by Crippen LogP contribution is 2.22. The van der Waals surface area contributed by atoms with Crippen LogP contribution in [0.3, 0.4) is 0 Å². The lowest BCUT2D eigenvalue weighted by molar-refractivity contribution is 0.0978. The van der Waals surface area contributed by atoms with Crippen molar-refractivity contribution in [1.82, 2.24) is 5.32 Å². The molecule has 0 saturated heterocycles. The summed E-state index contributed by atoms with van der Waals surface area (Å²) in [5.74, 6) is -0.315. The number of carbonyl (C=O) groups is 1. The molecule has 0 saturated carbocycles. The Kier molecular flexibility index (Phi) is 5.01. The molecule has 0 atom stereocenters. The zero-order valence-electron chi connectivity index (χ0n) is 10.6. The van der Waals surface area contributed by atoms with E-state index in [1.54, 1.807) is 18.2 Å². The molecule has 0 aliphatic heterocycles. The van der Waals surface area contributed by atoms with E-state index in [0.29, 0.717) is 16.3 Å². The number of hydrogen-bond acceptors (Lipinski definition) is 3. The van der Waals surface area contributed by atoms with Gasteiger partial charge in [0.1, 0.15) is 5.75 Å². The van der Waals surface area contributed by atoms with E-state index >= 15 is 0 Å². The van der Waals surface area contributed by atoms with Crippen LogP contribution in [-0.2, 0) is 0 Å². The van der Waals surface area contributed by atoms with Gasteiger partial charge in [0.05, 0.1) is 10.0 Å². The smallest absolute Gasteiger partial charge is 0.257 e. The fourth-order valence-electron chi connectivity index (χ4n) is 1.56. The predicted octanol–water partition coefficient (Wildman–Crippen LogP) is 3.83. The third kappa shape index (κ3) is 4.32. The number of amides is 1. The van der Waals surface area contributed by atoms with Gasteiger partial charge in [-0.05, 0) is 42.5 Å². The van der Waals surface area contributed by atoms with E-state index in [2.05, 4.69) is 10.6 Å². The van der Waals surface area contributed by atoms with E-state index in [0.717, 1.165) is 0 Å². The molecule has 0 bridgehead atoms. The first-order valence-electron chi connectivity index (χ1n) is 5.82. The van der Waals surface area contributed by atoms with Gasteiger partial charge in [-0.1, -0.05) is 29.3 Å². The summed E-state index contributed by atoms with van der Waals surface area (Å²) in [5, 5.41) is 15.4. The Morgan fingerprint density at radius 2 is 1.86 bits per heavy atom. The van der Waals surface area contributed by atoms with Crippen molar-refractivity contribution < 1.29 is 9.90 Å². The minimum absolute atomic E-state index is 0.0959. The summed E-state index contributed by atoms with van der Waals surface area (Å²) in [7, 11) is 0. The number of phenolic OH excluding ortho intramolecular Hbond substituents is 1. The SMILES string of the molecule is O=C(NC(=S)Nc1cccc(O)c1)c1ccc(Cl)c(Cl)c1.